The van der Waals surface area contributed by atoms with Crippen LogP contribution in [-0.4, -0.2) is 26.7 Å². The highest BCUT2D eigenvalue weighted by atomic mass is 15.1. The average molecular weight is 259 g/mol. The van der Waals surface area contributed by atoms with Crippen molar-refractivity contribution in [3.05, 3.63) is 41.2 Å². The first-order valence-electron chi connectivity index (χ1n) is 6.68. The normalized spacial score (nSPS) is 12.6. The van der Waals surface area contributed by atoms with Crippen molar-refractivity contribution in [2.45, 2.75) is 39.7 Å². The smallest absolute Gasteiger partial charge is 0.0782 e. The van der Waals surface area contributed by atoms with Gasteiger partial charge in [0.15, 0.2) is 0 Å². The molecule has 0 fully saturated rings. The lowest BCUT2D eigenvalue weighted by molar-refractivity contribution is 0.542. The van der Waals surface area contributed by atoms with Crippen molar-refractivity contribution in [1.29, 1.82) is 0 Å². The summed E-state index contributed by atoms with van der Waals surface area (Å²) in [5.74, 6) is 0. The Kier molecular flexibility index (Phi) is 4.63. The van der Waals surface area contributed by atoms with E-state index in [4.69, 9.17) is 0 Å². The number of nitrogens with one attached hydrogen (secondary N) is 2. The fourth-order valence-corrected chi connectivity index (χ4v) is 2.17. The summed E-state index contributed by atoms with van der Waals surface area (Å²) in [6.07, 6.45) is 7.51. The minimum Gasteiger partial charge on any atom is -0.309 e. The summed E-state index contributed by atoms with van der Waals surface area (Å²) >= 11 is 0. The van der Waals surface area contributed by atoms with E-state index < -0.39 is 0 Å². The number of hydrogen-bond acceptors (Lipinski definition) is 4. The van der Waals surface area contributed by atoms with Gasteiger partial charge in [0.2, 0.25) is 0 Å². The molecular weight excluding hydrogens is 238 g/mol. The molecule has 0 saturated heterocycles. The molecule has 0 aliphatic rings. The van der Waals surface area contributed by atoms with Crippen LogP contribution in [0.5, 0.6) is 0 Å². The van der Waals surface area contributed by atoms with Crippen LogP contribution in [0.4, 0.5) is 0 Å². The second-order valence-corrected chi connectivity index (χ2v) is 4.83. The fraction of sp³-hybridized carbons (Fsp3) is 0.500. The van der Waals surface area contributed by atoms with E-state index in [-0.39, 0.29) is 6.04 Å². The van der Waals surface area contributed by atoms with Crippen LogP contribution in [0.1, 0.15) is 42.0 Å². The van der Waals surface area contributed by atoms with Gasteiger partial charge in [-0.05, 0) is 45.7 Å². The van der Waals surface area contributed by atoms with Crippen molar-refractivity contribution >= 4 is 0 Å². The predicted molar refractivity (Wildman–Crippen MR) is 74.8 cm³/mol. The van der Waals surface area contributed by atoms with Crippen molar-refractivity contribution in [3.63, 3.8) is 0 Å². The Labute approximate surface area is 113 Å². The quantitative estimate of drug-likeness (QED) is 0.780. The third-order valence-corrected chi connectivity index (χ3v) is 3.34. The topological polar surface area (TPSA) is 66.5 Å². The molecule has 19 heavy (non-hydrogen) atoms. The van der Waals surface area contributed by atoms with E-state index in [0.29, 0.717) is 0 Å². The van der Waals surface area contributed by atoms with Gasteiger partial charge in [-0.15, -0.1) is 0 Å². The standard InChI is InChI=1S/C14H21N5/c1-10-13(9-18-19-10)5-4-6-15-11(2)14-12(3)16-7-8-17-14/h7-9,11,15H,4-6H2,1-3H3,(H,18,19). The average Bonchev–Trinajstić information content (AvgIpc) is 2.80. The molecule has 2 aromatic heterocycles. The van der Waals surface area contributed by atoms with E-state index >= 15 is 0 Å². The Balaban J connectivity index is 1.77. The summed E-state index contributed by atoms with van der Waals surface area (Å²) in [4.78, 5) is 8.65. The van der Waals surface area contributed by atoms with E-state index in [0.717, 1.165) is 36.5 Å². The molecule has 0 bridgehead atoms. The Hall–Kier alpha value is -1.75. The number of aryl methyl sites for hydroxylation is 3. The Morgan fingerprint density at radius 2 is 2.05 bits per heavy atom. The van der Waals surface area contributed by atoms with E-state index in [1.165, 1.54) is 5.56 Å². The minimum atomic E-state index is 0.235. The largest absolute Gasteiger partial charge is 0.309 e. The first-order valence-corrected chi connectivity index (χ1v) is 6.68. The first-order chi connectivity index (χ1) is 9.18. The molecule has 0 radical (unpaired) electrons. The van der Waals surface area contributed by atoms with Gasteiger partial charge in [-0.2, -0.15) is 5.10 Å². The molecule has 5 nitrogen and oxygen atoms in total. The van der Waals surface area contributed by atoms with Crippen molar-refractivity contribution in [2.24, 2.45) is 0 Å². The highest BCUT2D eigenvalue weighted by molar-refractivity contribution is 5.14. The summed E-state index contributed by atoms with van der Waals surface area (Å²) in [5, 5.41) is 10.5. The van der Waals surface area contributed by atoms with Gasteiger partial charge in [0, 0.05) is 24.1 Å². The molecule has 5 heteroatoms. The number of nitrogens with zero attached hydrogens (tertiary/aromatic N) is 3. The summed E-state index contributed by atoms with van der Waals surface area (Å²) in [6, 6.07) is 0.235. The van der Waals surface area contributed by atoms with Crippen molar-refractivity contribution in [2.75, 3.05) is 6.54 Å². The van der Waals surface area contributed by atoms with Gasteiger partial charge in [0.25, 0.3) is 0 Å². The molecule has 102 valence electrons. The third kappa shape index (κ3) is 3.61. The summed E-state index contributed by atoms with van der Waals surface area (Å²) < 4.78 is 0. The lowest BCUT2D eigenvalue weighted by Crippen LogP contribution is -2.22. The molecule has 0 amide bonds. The molecule has 2 aromatic rings. The van der Waals surface area contributed by atoms with Gasteiger partial charge < -0.3 is 5.32 Å². The van der Waals surface area contributed by atoms with Gasteiger partial charge in [-0.3, -0.25) is 15.1 Å². The molecule has 1 atom stereocenters. The maximum Gasteiger partial charge on any atom is 0.0782 e. The van der Waals surface area contributed by atoms with Crippen LogP contribution in [0, 0.1) is 13.8 Å². The van der Waals surface area contributed by atoms with E-state index in [1.807, 2.05) is 13.1 Å². The number of hydrogen-bond donors (Lipinski definition) is 2. The maximum atomic E-state index is 4.38. The maximum absolute atomic E-state index is 4.38. The third-order valence-electron chi connectivity index (χ3n) is 3.34. The van der Waals surface area contributed by atoms with Gasteiger partial charge in [-0.1, -0.05) is 0 Å². The Morgan fingerprint density at radius 1 is 1.26 bits per heavy atom. The zero-order valence-corrected chi connectivity index (χ0v) is 11.8. The van der Waals surface area contributed by atoms with Crippen LogP contribution < -0.4 is 5.32 Å². The Morgan fingerprint density at radius 3 is 2.74 bits per heavy atom. The van der Waals surface area contributed by atoms with Gasteiger partial charge in [0.05, 0.1) is 17.6 Å². The summed E-state index contributed by atoms with van der Waals surface area (Å²) in [5.41, 5.74) is 4.48. The molecule has 2 N–H and O–H groups in total. The van der Waals surface area contributed by atoms with Crippen LogP contribution in [0.15, 0.2) is 18.6 Å². The van der Waals surface area contributed by atoms with Gasteiger partial charge >= 0.3 is 0 Å². The van der Waals surface area contributed by atoms with Gasteiger partial charge in [-0.25, -0.2) is 0 Å². The van der Waals surface area contributed by atoms with E-state index in [2.05, 4.69) is 39.3 Å². The molecule has 0 aliphatic carbocycles. The molecule has 2 rings (SSSR count). The van der Waals surface area contributed by atoms with E-state index in [1.54, 1.807) is 12.4 Å². The molecule has 0 aromatic carbocycles. The van der Waals surface area contributed by atoms with Crippen LogP contribution in [0.2, 0.25) is 0 Å². The molecule has 2 heterocycles. The SMILES string of the molecule is Cc1nccnc1C(C)NCCCc1cn[nH]c1C. The highest BCUT2D eigenvalue weighted by Crippen LogP contribution is 2.12. The second kappa shape index (κ2) is 6.43. The number of aromatic nitrogens is 4. The number of aromatic amines is 1. The first kappa shape index (κ1) is 13.7. The van der Waals surface area contributed by atoms with Crippen LogP contribution in [0.25, 0.3) is 0 Å². The van der Waals surface area contributed by atoms with E-state index in [9.17, 15) is 0 Å². The van der Waals surface area contributed by atoms with Crippen LogP contribution >= 0.6 is 0 Å². The van der Waals surface area contributed by atoms with Crippen LogP contribution in [-0.2, 0) is 6.42 Å². The number of H-pyrrole nitrogens is 1. The molecule has 0 saturated carbocycles. The van der Waals surface area contributed by atoms with Crippen molar-refractivity contribution in [3.8, 4) is 0 Å². The zero-order chi connectivity index (χ0) is 13.7. The highest BCUT2D eigenvalue weighted by Gasteiger charge is 2.09. The fourth-order valence-electron chi connectivity index (χ4n) is 2.17. The summed E-state index contributed by atoms with van der Waals surface area (Å²) in [7, 11) is 0. The molecule has 0 aliphatic heterocycles. The monoisotopic (exact) mass is 259 g/mol. The van der Waals surface area contributed by atoms with Crippen molar-refractivity contribution < 1.29 is 0 Å². The van der Waals surface area contributed by atoms with Gasteiger partial charge in [0.1, 0.15) is 0 Å². The Bertz CT molecular complexity index is 520. The number of rotatable bonds is 6. The zero-order valence-electron chi connectivity index (χ0n) is 11.8. The molecule has 0 spiro atoms. The lowest BCUT2D eigenvalue weighted by atomic mass is 10.1. The molecule has 1 unspecified atom stereocenters. The molecular formula is C14H21N5. The predicted octanol–water partition coefficient (Wildman–Crippen LogP) is 2.10. The lowest BCUT2D eigenvalue weighted by Gasteiger charge is -2.14. The second-order valence-electron chi connectivity index (χ2n) is 4.83. The van der Waals surface area contributed by atoms with Crippen molar-refractivity contribution in [1.82, 2.24) is 25.5 Å². The minimum absolute atomic E-state index is 0.235. The van der Waals surface area contributed by atoms with Crippen LogP contribution in [0.3, 0.4) is 0 Å². The summed E-state index contributed by atoms with van der Waals surface area (Å²) in [6.45, 7) is 7.14.